The summed E-state index contributed by atoms with van der Waals surface area (Å²) in [5, 5.41) is 7.70. The van der Waals surface area contributed by atoms with E-state index < -0.39 is 0 Å². The van der Waals surface area contributed by atoms with Crippen LogP contribution >= 0.6 is 0 Å². The van der Waals surface area contributed by atoms with Gasteiger partial charge in [-0.3, -0.25) is 0 Å². The van der Waals surface area contributed by atoms with Crippen molar-refractivity contribution in [3.05, 3.63) is 221 Å². The maximum absolute atomic E-state index is 2.46. The summed E-state index contributed by atoms with van der Waals surface area (Å²) in [5.74, 6) is 0.322. The van der Waals surface area contributed by atoms with E-state index >= 15 is 0 Å². The highest BCUT2D eigenvalue weighted by atomic mass is 14.4. The van der Waals surface area contributed by atoms with Crippen LogP contribution < -0.4 is 0 Å². The first kappa shape index (κ1) is 30.8. The first-order valence-corrected chi connectivity index (χ1v) is 19.0. The molecule has 8 aromatic carbocycles. The highest BCUT2D eigenvalue weighted by molar-refractivity contribution is 6.24. The van der Waals surface area contributed by atoms with Gasteiger partial charge < -0.3 is 0 Å². The first-order valence-electron chi connectivity index (χ1n) is 19.0. The second-order valence-electron chi connectivity index (χ2n) is 14.7. The van der Waals surface area contributed by atoms with Crippen molar-refractivity contribution in [3.63, 3.8) is 0 Å². The quantitative estimate of drug-likeness (QED) is 0.125. The summed E-state index contributed by atoms with van der Waals surface area (Å²) < 4.78 is 0. The Morgan fingerprint density at radius 3 is 1.78 bits per heavy atom. The van der Waals surface area contributed by atoms with E-state index in [4.69, 9.17) is 0 Å². The lowest BCUT2D eigenvalue weighted by Crippen LogP contribution is -2.18. The molecule has 0 aliphatic heterocycles. The van der Waals surface area contributed by atoms with Crippen molar-refractivity contribution >= 4 is 50.5 Å². The van der Waals surface area contributed by atoms with E-state index in [1.54, 1.807) is 0 Å². The minimum Gasteiger partial charge on any atom is -0.0759 e. The second-order valence-corrected chi connectivity index (χ2v) is 14.7. The number of benzene rings is 8. The van der Waals surface area contributed by atoms with Crippen LogP contribution in [0.3, 0.4) is 0 Å². The minimum atomic E-state index is 0.322. The fourth-order valence-electron chi connectivity index (χ4n) is 9.35. The van der Waals surface area contributed by atoms with Crippen LogP contribution in [0.4, 0.5) is 0 Å². The van der Waals surface area contributed by atoms with E-state index in [0.29, 0.717) is 5.92 Å². The molecule has 0 bridgehead atoms. The zero-order valence-electron chi connectivity index (χ0n) is 29.8. The molecule has 1 unspecified atom stereocenters. The average Bonchev–Trinajstić information content (AvgIpc) is 3.24. The monoisotopic (exact) mass is 684 g/mol. The molecule has 0 radical (unpaired) electrons. The Kier molecular flexibility index (Phi) is 7.10. The number of fused-ring (bicyclic) bond motifs is 3. The molecule has 0 aromatic heterocycles. The Labute approximate surface area is 316 Å². The van der Waals surface area contributed by atoms with Gasteiger partial charge in [0.05, 0.1) is 0 Å². The van der Waals surface area contributed by atoms with Crippen LogP contribution in [0.2, 0.25) is 0 Å². The molecular formula is C54H36. The van der Waals surface area contributed by atoms with Crippen molar-refractivity contribution < 1.29 is 0 Å². The molecule has 8 aromatic rings. The molecule has 54 heavy (non-hydrogen) atoms. The van der Waals surface area contributed by atoms with Gasteiger partial charge in [0.2, 0.25) is 0 Å². The molecule has 0 heteroatoms. The van der Waals surface area contributed by atoms with E-state index in [0.717, 1.165) is 6.42 Å². The molecule has 0 N–H and O–H groups in total. The first-order chi connectivity index (χ1) is 26.8. The van der Waals surface area contributed by atoms with Gasteiger partial charge in [0.25, 0.3) is 0 Å². The van der Waals surface area contributed by atoms with Crippen molar-refractivity contribution in [2.24, 2.45) is 0 Å². The highest BCUT2D eigenvalue weighted by Gasteiger charge is 2.32. The summed E-state index contributed by atoms with van der Waals surface area (Å²) in [5.41, 5.74) is 17.3. The van der Waals surface area contributed by atoms with Gasteiger partial charge in [-0.15, -0.1) is 0 Å². The minimum absolute atomic E-state index is 0.322. The van der Waals surface area contributed by atoms with Crippen LogP contribution in [0.5, 0.6) is 0 Å². The summed E-state index contributed by atoms with van der Waals surface area (Å²) in [6.07, 6.45) is 19.3. The van der Waals surface area contributed by atoms with Crippen LogP contribution in [0.25, 0.3) is 83.9 Å². The van der Waals surface area contributed by atoms with Gasteiger partial charge in [-0.25, -0.2) is 0 Å². The molecule has 0 amide bonds. The molecule has 0 fully saturated rings. The normalized spacial score (nSPS) is 15.5. The standard InChI is InChI=1S/C54H36/c1-2-11-36(12-3-1)37-24-21-35(22-25-37)23-26-38-29-32-48(43-16-5-4-15-42(38)43)53-44-17-6-8-19-46(44)54(47-20-9-7-18-45(47)53)50-34-31-41-28-27-39-13-10-14-40-30-33-49(50)52(41)51(39)40/h1-32,34,51H,33H2. The summed E-state index contributed by atoms with van der Waals surface area (Å²) >= 11 is 0. The van der Waals surface area contributed by atoms with E-state index in [9.17, 15) is 0 Å². The topological polar surface area (TPSA) is 0 Å². The van der Waals surface area contributed by atoms with E-state index in [-0.39, 0.29) is 0 Å². The average molecular weight is 685 g/mol. The Balaban J connectivity index is 1.08. The zero-order valence-corrected chi connectivity index (χ0v) is 29.8. The lowest BCUT2D eigenvalue weighted by Gasteiger charge is -2.34. The van der Waals surface area contributed by atoms with Crippen LogP contribution in [-0.2, 0) is 6.42 Å². The molecule has 0 heterocycles. The van der Waals surface area contributed by atoms with Crippen LogP contribution in [-0.4, -0.2) is 0 Å². The molecule has 252 valence electrons. The van der Waals surface area contributed by atoms with Gasteiger partial charge in [0.15, 0.2) is 0 Å². The molecule has 11 rings (SSSR count). The van der Waals surface area contributed by atoms with Crippen molar-refractivity contribution in [3.8, 4) is 33.4 Å². The number of allylic oxidation sites excluding steroid dienone is 7. The van der Waals surface area contributed by atoms with Crippen molar-refractivity contribution in [2.75, 3.05) is 0 Å². The third-order valence-electron chi connectivity index (χ3n) is 11.8. The predicted molar refractivity (Wildman–Crippen MR) is 231 cm³/mol. The molecular weight excluding hydrogens is 649 g/mol. The number of hydrogen-bond acceptors (Lipinski definition) is 0. The van der Waals surface area contributed by atoms with Gasteiger partial charge in [-0.05, 0) is 111 Å². The van der Waals surface area contributed by atoms with Gasteiger partial charge >= 0.3 is 0 Å². The second kappa shape index (κ2) is 12.4. The SMILES string of the molecule is C1=CC2=CCc3c(-c4c5ccccc5c(-c5ccc(C=Cc6ccc(-c7ccccc7)cc6)c6ccccc56)c5ccccc45)ccc4c3C2C(=C1)C=C4. The Morgan fingerprint density at radius 2 is 1.06 bits per heavy atom. The van der Waals surface area contributed by atoms with Crippen molar-refractivity contribution in [1.29, 1.82) is 0 Å². The fourth-order valence-corrected chi connectivity index (χ4v) is 9.35. The lowest BCUT2D eigenvalue weighted by atomic mass is 9.69. The van der Waals surface area contributed by atoms with E-state index in [1.807, 2.05) is 0 Å². The smallest absolute Gasteiger partial charge is 0.0345 e. The largest absolute Gasteiger partial charge is 0.0759 e. The van der Waals surface area contributed by atoms with Crippen molar-refractivity contribution in [2.45, 2.75) is 12.3 Å². The lowest BCUT2D eigenvalue weighted by molar-refractivity contribution is 0.894. The molecule has 0 spiro atoms. The molecule has 0 saturated heterocycles. The Morgan fingerprint density at radius 1 is 0.444 bits per heavy atom. The fraction of sp³-hybridized carbons (Fsp3) is 0.0370. The molecule has 0 saturated carbocycles. The third-order valence-corrected chi connectivity index (χ3v) is 11.8. The van der Waals surface area contributed by atoms with Gasteiger partial charge in [0, 0.05) is 5.92 Å². The van der Waals surface area contributed by atoms with Crippen molar-refractivity contribution in [1.82, 2.24) is 0 Å². The predicted octanol–water partition coefficient (Wildman–Crippen LogP) is 14.4. The van der Waals surface area contributed by atoms with E-state index in [1.165, 1.54) is 105 Å². The summed E-state index contributed by atoms with van der Waals surface area (Å²) in [7, 11) is 0. The molecule has 3 aliphatic carbocycles. The number of rotatable bonds is 5. The summed E-state index contributed by atoms with van der Waals surface area (Å²) in [6.45, 7) is 0. The third kappa shape index (κ3) is 4.84. The number of hydrogen-bond donors (Lipinski definition) is 0. The summed E-state index contributed by atoms with van der Waals surface area (Å²) in [6, 6.07) is 55.9. The molecule has 1 atom stereocenters. The summed E-state index contributed by atoms with van der Waals surface area (Å²) in [4.78, 5) is 0. The van der Waals surface area contributed by atoms with Crippen LogP contribution in [0, 0.1) is 0 Å². The maximum Gasteiger partial charge on any atom is 0.0345 e. The van der Waals surface area contributed by atoms with E-state index in [2.05, 4.69) is 200 Å². The highest BCUT2D eigenvalue weighted by Crippen LogP contribution is 2.51. The molecule has 0 nitrogen and oxygen atoms in total. The van der Waals surface area contributed by atoms with Gasteiger partial charge in [0.1, 0.15) is 0 Å². The Bertz CT molecular complexity index is 2920. The molecule has 3 aliphatic rings. The maximum atomic E-state index is 2.46. The van der Waals surface area contributed by atoms with Crippen LogP contribution in [0.15, 0.2) is 193 Å². The Hall–Kier alpha value is -6.76. The van der Waals surface area contributed by atoms with Gasteiger partial charge in [-0.1, -0.05) is 200 Å². The zero-order chi connectivity index (χ0) is 35.6. The van der Waals surface area contributed by atoms with Gasteiger partial charge in [-0.2, -0.15) is 0 Å². The van der Waals surface area contributed by atoms with Crippen LogP contribution in [0.1, 0.15) is 33.7 Å².